The zero-order chi connectivity index (χ0) is 18.2. The van der Waals surface area contributed by atoms with Gasteiger partial charge in [0.15, 0.2) is 5.75 Å². The molecular weight excluding hydrogens is 407 g/mol. The first kappa shape index (κ1) is 17.7. The first-order valence-corrected chi connectivity index (χ1v) is 8.17. The van der Waals surface area contributed by atoms with Gasteiger partial charge in [-0.3, -0.25) is 4.79 Å². The molecule has 10 heteroatoms. The smallest absolute Gasteiger partial charge is 0.417 e. The highest BCUT2D eigenvalue weighted by molar-refractivity contribution is 9.10. The Kier molecular flexibility index (Phi) is 4.74. The molecule has 0 spiro atoms. The average Bonchev–Trinajstić information content (AvgIpc) is 3.14. The molecule has 3 N–H and O–H groups in total. The van der Waals surface area contributed by atoms with Crippen molar-refractivity contribution in [2.45, 2.75) is 18.6 Å². The van der Waals surface area contributed by atoms with Gasteiger partial charge in [0.1, 0.15) is 5.69 Å². The lowest BCUT2D eigenvalue weighted by atomic mass is 10.2. The van der Waals surface area contributed by atoms with Crippen LogP contribution < -0.4 is 15.4 Å². The van der Waals surface area contributed by atoms with Gasteiger partial charge in [-0.05, 0) is 31.2 Å². The maximum atomic E-state index is 12.6. The van der Waals surface area contributed by atoms with Crippen LogP contribution in [0.25, 0.3) is 10.9 Å². The van der Waals surface area contributed by atoms with Gasteiger partial charge in [-0.2, -0.15) is 13.2 Å². The summed E-state index contributed by atoms with van der Waals surface area (Å²) in [6.07, 6.45) is -4.46. The molecule has 3 rings (SSSR count). The van der Waals surface area contributed by atoms with Crippen LogP contribution in [-0.2, 0) is 4.79 Å². The van der Waals surface area contributed by atoms with Crippen LogP contribution in [0.1, 0.15) is 16.9 Å². The van der Waals surface area contributed by atoms with E-state index >= 15 is 0 Å². The lowest BCUT2D eigenvalue weighted by Crippen LogP contribution is -2.37. The van der Waals surface area contributed by atoms with Crippen molar-refractivity contribution in [1.29, 1.82) is 0 Å². The van der Waals surface area contributed by atoms with Crippen molar-refractivity contribution in [3.8, 4) is 5.75 Å². The molecular formula is C15H13BrF3N3O3. The highest BCUT2D eigenvalue weighted by atomic mass is 79.9. The molecule has 1 atom stereocenters. The normalized spacial score (nSPS) is 17.7. The highest BCUT2D eigenvalue weighted by Gasteiger charge is 2.42. The molecule has 0 aliphatic carbocycles. The molecule has 1 fully saturated rings. The van der Waals surface area contributed by atoms with Gasteiger partial charge in [-0.1, -0.05) is 15.9 Å². The van der Waals surface area contributed by atoms with Gasteiger partial charge in [-0.25, -0.2) is 4.79 Å². The van der Waals surface area contributed by atoms with Crippen molar-refractivity contribution >= 4 is 38.7 Å². The standard InChI is InChI=1S/C15H13BrF3N3O3/c16-7-1-2-10-9(5-7)12(25-14(24)15(17,18)19)11(22-10)13(23)21-8-3-4-20-6-8/h1-2,5,8,20,22H,3-4,6H2,(H,21,23). The van der Waals surface area contributed by atoms with Crippen LogP contribution in [0.4, 0.5) is 13.2 Å². The summed E-state index contributed by atoms with van der Waals surface area (Å²) < 4.78 is 42.8. The third kappa shape index (κ3) is 3.79. The van der Waals surface area contributed by atoms with Crippen LogP contribution in [0.5, 0.6) is 5.75 Å². The van der Waals surface area contributed by atoms with E-state index in [-0.39, 0.29) is 17.1 Å². The molecule has 2 aromatic rings. The van der Waals surface area contributed by atoms with Crippen molar-refractivity contribution in [2.75, 3.05) is 13.1 Å². The first-order chi connectivity index (χ1) is 11.8. The molecule has 25 heavy (non-hydrogen) atoms. The third-order valence-corrected chi connectivity index (χ3v) is 4.26. The number of fused-ring (bicyclic) bond motifs is 1. The maximum absolute atomic E-state index is 12.6. The molecule has 2 heterocycles. The van der Waals surface area contributed by atoms with Crippen LogP contribution in [0.3, 0.4) is 0 Å². The van der Waals surface area contributed by atoms with E-state index < -0.39 is 23.8 Å². The second-order valence-electron chi connectivity index (χ2n) is 5.57. The van der Waals surface area contributed by atoms with E-state index in [0.717, 1.165) is 6.54 Å². The molecule has 1 aliphatic heterocycles. The Labute approximate surface area is 148 Å². The van der Waals surface area contributed by atoms with Crippen molar-refractivity contribution in [3.05, 3.63) is 28.4 Å². The zero-order valence-electron chi connectivity index (χ0n) is 12.7. The fourth-order valence-electron chi connectivity index (χ4n) is 2.59. The minimum absolute atomic E-state index is 0.142. The van der Waals surface area contributed by atoms with E-state index in [9.17, 15) is 22.8 Å². The number of carbonyl (C=O) groups excluding carboxylic acids is 2. The summed E-state index contributed by atoms with van der Waals surface area (Å²) in [5.74, 6) is -3.46. The van der Waals surface area contributed by atoms with E-state index in [4.69, 9.17) is 0 Å². The number of halogens is 4. The summed E-state index contributed by atoms with van der Waals surface area (Å²) in [4.78, 5) is 26.4. The van der Waals surface area contributed by atoms with E-state index in [1.165, 1.54) is 6.07 Å². The van der Waals surface area contributed by atoms with Gasteiger partial charge >= 0.3 is 12.1 Å². The van der Waals surface area contributed by atoms with Gasteiger partial charge < -0.3 is 20.4 Å². The van der Waals surface area contributed by atoms with Crippen LogP contribution >= 0.6 is 15.9 Å². The summed E-state index contributed by atoms with van der Waals surface area (Å²) in [5, 5.41) is 5.97. The van der Waals surface area contributed by atoms with Crippen LogP contribution in [0.2, 0.25) is 0 Å². The Morgan fingerprint density at radius 3 is 2.72 bits per heavy atom. The summed E-state index contributed by atoms with van der Waals surface area (Å²) in [7, 11) is 0. The van der Waals surface area contributed by atoms with Gasteiger partial charge in [0.25, 0.3) is 5.91 Å². The maximum Gasteiger partial charge on any atom is 0.491 e. The third-order valence-electron chi connectivity index (χ3n) is 3.76. The first-order valence-electron chi connectivity index (χ1n) is 7.37. The largest absolute Gasteiger partial charge is 0.491 e. The fraction of sp³-hybridized carbons (Fsp3) is 0.333. The predicted octanol–water partition coefficient (Wildman–Crippen LogP) is 2.49. The van der Waals surface area contributed by atoms with Crippen LogP contribution in [-0.4, -0.2) is 42.2 Å². The number of amides is 1. The van der Waals surface area contributed by atoms with Crippen molar-refractivity contribution in [1.82, 2.24) is 15.6 Å². The Bertz CT molecular complexity index is 829. The lowest BCUT2D eigenvalue weighted by Gasteiger charge is -2.12. The molecule has 0 radical (unpaired) electrons. The number of nitrogens with one attached hydrogen (secondary N) is 3. The molecule has 134 valence electrons. The number of H-pyrrole nitrogens is 1. The van der Waals surface area contributed by atoms with Gasteiger partial charge in [0.2, 0.25) is 0 Å². The van der Waals surface area contributed by atoms with Crippen molar-refractivity contribution in [3.63, 3.8) is 0 Å². The van der Waals surface area contributed by atoms with Gasteiger partial charge in [0, 0.05) is 28.0 Å². The molecule has 1 saturated heterocycles. The number of hydrogen-bond donors (Lipinski definition) is 3. The number of ether oxygens (including phenoxy) is 1. The van der Waals surface area contributed by atoms with E-state index in [1.54, 1.807) is 12.1 Å². The van der Waals surface area contributed by atoms with Crippen LogP contribution in [0.15, 0.2) is 22.7 Å². The Morgan fingerprint density at radius 2 is 2.08 bits per heavy atom. The Morgan fingerprint density at radius 1 is 1.32 bits per heavy atom. The van der Waals surface area contributed by atoms with E-state index in [1.807, 2.05) is 0 Å². The molecule has 0 bridgehead atoms. The van der Waals surface area contributed by atoms with E-state index in [0.29, 0.717) is 23.0 Å². The fourth-order valence-corrected chi connectivity index (χ4v) is 2.95. The molecule has 1 aromatic carbocycles. The monoisotopic (exact) mass is 419 g/mol. The van der Waals surface area contributed by atoms with Crippen LogP contribution in [0, 0.1) is 0 Å². The van der Waals surface area contributed by atoms with Crippen molar-refractivity contribution in [2.24, 2.45) is 0 Å². The van der Waals surface area contributed by atoms with Gasteiger partial charge in [-0.15, -0.1) is 0 Å². The number of aromatic amines is 1. The van der Waals surface area contributed by atoms with Crippen molar-refractivity contribution < 1.29 is 27.5 Å². The number of aromatic nitrogens is 1. The predicted molar refractivity (Wildman–Crippen MR) is 86.4 cm³/mol. The number of alkyl halides is 3. The second-order valence-corrected chi connectivity index (χ2v) is 6.49. The lowest BCUT2D eigenvalue weighted by molar-refractivity contribution is -0.189. The number of esters is 1. The number of carbonyl (C=O) groups is 2. The SMILES string of the molecule is O=C(NC1CCNC1)c1[nH]c2ccc(Br)cc2c1OC(=O)C(F)(F)F. The molecule has 0 saturated carbocycles. The summed E-state index contributed by atoms with van der Waals surface area (Å²) in [6, 6.07) is 4.55. The highest BCUT2D eigenvalue weighted by Crippen LogP contribution is 2.34. The van der Waals surface area contributed by atoms with E-state index in [2.05, 4.69) is 36.3 Å². The summed E-state index contributed by atoms with van der Waals surface area (Å²) >= 11 is 3.20. The average molecular weight is 420 g/mol. The Balaban J connectivity index is 1.99. The molecule has 1 unspecified atom stereocenters. The molecule has 1 aliphatic rings. The Hall–Kier alpha value is -2.07. The molecule has 1 aromatic heterocycles. The zero-order valence-corrected chi connectivity index (χ0v) is 14.3. The number of hydrogen-bond acceptors (Lipinski definition) is 4. The number of rotatable bonds is 3. The molecule has 6 nitrogen and oxygen atoms in total. The van der Waals surface area contributed by atoms with Gasteiger partial charge in [0.05, 0.1) is 0 Å². The quantitative estimate of drug-likeness (QED) is 0.667. The minimum Gasteiger partial charge on any atom is -0.417 e. The topological polar surface area (TPSA) is 83.2 Å². The number of benzene rings is 1. The summed E-state index contributed by atoms with van der Waals surface area (Å²) in [5.41, 5.74) is 0.153. The second kappa shape index (κ2) is 6.68. The minimum atomic E-state index is -5.17. The molecule has 1 amide bonds. The summed E-state index contributed by atoms with van der Waals surface area (Å²) in [6.45, 7) is 1.30.